The Morgan fingerprint density at radius 3 is 2.66 bits per heavy atom. The van der Waals surface area contributed by atoms with Crippen molar-refractivity contribution in [1.82, 2.24) is 0 Å². The molecule has 8 heteroatoms. The summed E-state index contributed by atoms with van der Waals surface area (Å²) < 4.78 is 11.2. The van der Waals surface area contributed by atoms with Gasteiger partial charge in [0.15, 0.2) is 18.1 Å². The van der Waals surface area contributed by atoms with E-state index in [1.54, 1.807) is 6.07 Å². The minimum Gasteiger partial charge on any atom is -0.494 e. The van der Waals surface area contributed by atoms with Crippen LogP contribution in [0.5, 0.6) is 11.5 Å². The number of Topliss-reactive ketones (excluding diaryl/α,β-unsaturated/α-hetero) is 1. The van der Waals surface area contributed by atoms with Crippen LogP contribution in [0.1, 0.15) is 29.6 Å². The summed E-state index contributed by atoms with van der Waals surface area (Å²) in [5.41, 5.74) is 0.596. The number of aliphatic carboxylic acids is 1. The number of ether oxygens (including phenoxy) is 2. The maximum absolute atomic E-state index is 12.5. The molecule has 0 unspecified atom stereocenters. The predicted octanol–water partition coefficient (Wildman–Crippen LogP) is 3.58. The Kier molecular flexibility index (Phi) is 6.72. The summed E-state index contributed by atoms with van der Waals surface area (Å²) in [7, 11) is 0. The topological polar surface area (TPSA) is 93.1 Å². The van der Waals surface area contributed by atoms with E-state index in [0.717, 1.165) is 5.75 Å². The number of anilines is 1. The third-order valence-corrected chi connectivity index (χ3v) is 4.59. The lowest BCUT2D eigenvalue weighted by atomic mass is 10.0. The molecule has 0 saturated heterocycles. The molecular weight excluding hydrogens is 398 g/mol. The summed E-state index contributed by atoms with van der Waals surface area (Å²) in [6.45, 7) is 0.577. The molecule has 1 amide bonds. The third kappa shape index (κ3) is 5.26. The van der Waals surface area contributed by atoms with Crippen molar-refractivity contribution in [2.45, 2.75) is 19.3 Å². The van der Waals surface area contributed by atoms with Crippen LogP contribution in [-0.4, -0.2) is 42.5 Å². The van der Waals surface area contributed by atoms with Gasteiger partial charge in [-0.15, -0.1) is 0 Å². The summed E-state index contributed by atoms with van der Waals surface area (Å²) in [5, 5.41) is 9.08. The first-order chi connectivity index (χ1) is 14.0. The summed E-state index contributed by atoms with van der Waals surface area (Å²) in [4.78, 5) is 37.1. The SMILES string of the molecule is O=C(O)CCC(=O)c1cc(Cl)cc2c1OCC(=O)N2CCCOc1ccccc1. The van der Waals surface area contributed by atoms with Crippen molar-refractivity contribution in [3.63, 3.8) is 0 Å². The molecule has 1 heterocycles. The van der Waals surface area contributed by atoms with Gasteiger partial charge >= 0.3 is 5.97 Å². The van der Waals surface area contributed by atoms with Gasteiger partial charge in [-0.1, -0.05) is 29.8 Å². The number of rotatable bonds is 9. The van der Waals surface area contributed by atoms with Crippen LogP contribution >= 0.6 is 11.6 Å². The van der Waals surface area contributed by atoms with Crippen molar-refractivity contribution < 1.29 is 29.0 Å². The first-order valence-electron chi connectivity index (χ1n) is 9.15. The number of carboxylic acid groups (broad SMARTS) is 1. The number of hydrogen-bond donors (Lipinski definition) is 1. The molecule has 29 heavy (non-hydrogen) atoms. The number of carbonyl (C=O) groups excluding carboxylic acids is 2. The van der Waals surface area contributed by atoms with E-state index in [9.17, 15) is 14.4 Å². The van der Waals surface area contributed by atoms with E-state index in [2.05, 4.69) is 0 Å². The number of carbonyl (C=O) groups is 3. The molecule has 0 radical (unpaired) electrons. The van der Waals surface area contributed by atoms with Gasteiger partial charge in [0.05, 0.1) is 24.3 Å². The van der Waals surface area contributed by atoms with Crippen LogP contribution < -0.4 is 14.4 Å². The summed E-state index contributed by atoms with van der Waals surface area (Å²) in [5.74, 6) is -0.703. The van der Waals surface area contributed by atoms with E-state index in [0.29, 0.717) is 25.3 Å². The molecule has 152 valence electrons. The van der Waals surface area contributed by atoms with Crippen LogP contribution in [-0.2, 0) is 9.59 Å². The summed E-state index contributed by atoms with van der Waals surface area (Å²) >= 11 is 6.16. The number of carboxylic acids is 1. The molecule has 3 rings (SSSR count). The van der Waals surface area contributed by atoms with Crippen molar-refractivity contribution in [2.75, 3.05) is 24.7 Å². The van der Waals surface area contributed by atoms with Crippen LogP contribution in [0.15, 0.2) is 42.5 Å². The average Bonchev–Trinajstić information content (AvgIpc) is 2.70. The van der Waals surface area contributed by atoms with Crippen molar-refractivity contribution in [1.29, 1.82) is 0 Å². The lowest BCUT2D eigenvalue weighted by Gasteiger charge is -2.30. The summed E-state index contributed by atoms with van der Waals surface area (Å²) in [6.07, 6.45) is 0.0960. The zero-order valence-electron chi connectivity index (χ0n) is 15.6. The molecule has 1 aliphatic rings. The van der Waals surface area contributed by atoms with E-state index < -0.39 is 11.8 Å². The highest BCUT2D eigenvalue weighted by atomic mass is 35.5. The van der Waals surface area contributed by atoms with Gasteiger partial charge in [0.1, 0.15) is 5.75 Å². The van der Waals surface area contributed by atoms with E-state index in [4.69, 9.17) is 26.2 Å². The zero-order valence-corrected chi connectivity index (χ0v) is 16.4. The van der Waals surface area contributed by atoms with Crippen LogP contribution in [0.25, 0.3) is 0 Å². The Bertz CT molecular complexity index is 915. The fourth-order valence-corrected chi connectivity index (χ4v) is 3.23. The highest BCUT2D eigenvalue weighted by Crippen LogP contribution is 2.39. The monoisotopic (exact) mass is 417 g/mol. The number of hydrogen-bond acceptors (Lipinski definition) is 5. The molecule has 1 N–H and O–H groups in total. The van der Waals surface area contributed by atoms with Crippen LogP contribution in [0, 0.1) is 0 Å². The maximum atomic E-state index is 12.5. The molecule has 2 aromatic carbocycles. The quantitative estimate of drug-likeness (QED) is 0.495. The number of halogens is 1. The Morgan fingerprint density at radius 1 is 1.17 bits per heavy atom. The van der Waals surface area contributed by atoms with Gasteiger partial charge in [-0.2, -0.15) is 0 Å². The number of fused-ring (bicyclic) bond motifs is 1. The van der Waals surface area contributed by atoms with Crippen molar-refractivity contribution >= 4 is 34.9 Å². The molecule has 0 atom stereocenters. The van der Waals surface area contributed by atoms with E-state index in [1.165, 1.54) is 11.0 Å². The van der Waals surface area contributed by atoms with Gasteiger partial charge < -0.3 is 19.5 Å². The molecule has 7 nitrogen and oxygen atoms in total. The molecule has 0 fully saturated rings. The van der Waals surface area contributed by atoms with Crippen molar-refractivity contribution in [3.8, 4) is 11.5 Å². The highest BCUT2D eigenvalue weighted by molar-refractivity contribution is 6.31. The van der Waals surface area contributed by atoms with Crippen LogP contribution in [0.2, 0.25) is 5.02 Å². The zero-order chi connectivity index (χ0) is 20.8. The van der Waals surface area contributed by atoms with Gasteiger partial charge in [-0.25, -0.2) is 0 Å². The maximum Gasteiger partial charge on any atom is 0.303 e. The van der Waals surface area contributed by atoms with Gasteiger partial charge in [0, 0.05) is 18.0 Å². The van der Waals surface area contributed by atoms with Gasteiger partial charge in [-0.05, 0) is 30.7 Å². The Labute approximate surface area is 172 Å². The number of ketones is 1. The molecule has 0 saturated carbocycles. The molecule has 0 bridgehead atoms. The molecule has 1 aliphatic heterocycles. The van der Waals surface area contributed by atoms with Crippen LogP contribution in [0.4, 0.5) is 5.69 Å². The lowest BCUT2D eigenvalue weighted by molar-refractivity contribution is -0.137. The fourth-order valence-electron chi connectivity index (χ4n) is 3.01. The molecule has 0 spiro atoms. The lowest BCUT2D eigenvalue weighted by Crippen LogP contribution is -2.40. The standard InChI is InChI=1S/C21H20ClNO6/c22-14-11-16(18(24)7-8-20(26)27)21-17(12-14)23(19(25)13-29-21)9-4-10-28-15-5-2-1-3-6-15/h1-3,5-6,11-12H,4,7-10,13H2,(H,26,27). The largest absolute Gasteiger partial charge is 0.494 e. The predicted molar refractivity (Wildman–Crippen MR) is 107 cm³/mol. The van der Waals surface area contributed by atoms with E-state index in [1.807, 2.05) is 30.3 Å². The molecular formula is C21H20ClNO6. The first kappa shape index (κ1) is 20.7. The Balaban J connectivity index is 1.73. The fraction of sp³-hybridized carbons (Fsp3) is 0.286. The Morgan fingerprint density at radius 2 is 1.93 bits per heavy atom. The van der Waals surface area contributed by atoms with Gasteiger partial charge in [0.25, 0.3) is 5.91 Å². The number of para-hydroxylation sites is 1. The second kappa shape index (κ2) is 9.43. The van der Waals surface area contributed by atoms with Crippen LogP contribution in [0.3, 0.4) is 0 Å². The third-order valence-electron chi connectivity index (χ3n) is 4.37. The highest BCUT2D eigenvalue weighted by Gasteiger charge is 2.30. The normalized spacial score (nSPS) is 12.9. The first-order valence-corrected chi connectivity index (χ1v) is 9.53. The average molecular weight is 418 g/mol. The minimum atomic E-state index is -1.06. The van der Waals surface area contributed by atoms with Crippen molar-refractivity contribution in [3.05, 3.63) is 53.1 Å². The van der Waals surface area contributed by atoms with Gasteiger partial charge in [0.2, 0.25) is 0 Å². The van der Waals surface area contributed by atoms with Gasteiger partial charge in [-0.3, -0.25) is 14.4 Å². The second-order valence-corrected chi connectivity index (χ2v) is 6.90. The molecule has 0 aromatic heterocycles. The number of amides is 1. The molecule has 0 aliphatic carbocycles. The number of benzene rings is 2. The minimum absolute atomic E-state index is 0.176. The smallest absolute Gasteiger partial charge is 0.303 e. The van der Waals surface area contributed by atoms with Crippen molar-refractivity contribution in [2.24, 2.45) is 0 Å². The van der Waals surface area contributed by atoms with E-state index >= 15 is 0 Å². The second-order valence-electron chi connectivity index (χ2n) is 6.47. The van der Waals surface area contributed by atoms with E-state index in [-0.39, 0.29) is 41.7 Å². The number of nitrogens with zero attached hydrogens (tertiary/aromatic N) is 1. The Hall–Kier alpha value is -3.06. The summed E-state index contributed by atoms with van der Waals surface area (Å²) in [6, 6.07) is 12.4. The molecule has 2 aromatic rings.